The van der Waals surface area contributed by atoms with Crippen LogP contribution in [-0.2, 0) is 11.2 Å². The van der Waals surface area contributed by atoms with Gasteiger partial charge in [-0.1, -0.05) is 29.8 Å². The van der Waals surface area contributed by atoms with Crippen molar-refractivity contribution in [2.24, 2.45) is 0 Å². The summed E-state index contributed by atoms with van der Waals surface area (Å²) >= 11 is 6.10. The first-order valence-corrected chi connectivity index (χ1v) is 9.46. The first-order valence-electron chi connectivity index (χ1n) is 9.08. The van der Waals surface area contributed by atoms with E-state index in [0.717, 1.165) is 5.56 Å². The van der Waals surface area contributed by atoms with E-state index in [1.165, 1.54) is 6.07 Å². The number of rotatable bonds is 5. The predicted octanol–water partition coefficient (Wildman–Crippen LogP) is 2.78. The molecule has 1 aliphatic rings. The molecule has 0 radical (unpaired) electrons. The topological polar surface area (TPSA) is 77.9 Å². The molecule has 28 heavy (non-hydrogen) atoms. The number of piperazine rings is 1. The van der Waals surface area contributed by atoms with Crippen LogP contribution in [0, 0.1) is 0 Å². The summed E-state index contributed by atoms with van der Waals surface area (Å²) in [6.45, 7) is 1.88. The van der Waals surface area contributed by atoms with Gasteiger partial charge in [0.25, 0.3) is 5.91 Å². The molecule has 146 valence electrons. The minimum atomic E-state index is -0.122. The number of amides is 2. The molecule has 7 heteroatoms. The van der Waals surface area contributed by atoms with Crippen molar-refractivity contribution in [3.8, 4) is 5.75 Å². The summed E-state index contributed by atoms with van der Waals surface area (Å²) in [5.41, 5.74) is 1.51. The highest BCUT2D eigenvalue weighted by Gasteiger charge is 2.25. The van der Waals surface area contributed by atoms with Crippen molar-refractivity contribution in [3.05, 3.63) is 64.2 Å². The van der Waals surface area contributed by atoms with E-state index in [0.29, 0.717) is 55.9 Å². The Morgan fingerprint density at radius 1 is 1.04 bits per heavy atom. The van der Waals surface area contributed by atoms with E-state index < -0.39 is 0 Å². The van der Waals surface area contributed by atoms with Crippen LogP contribution in [-0.4, -0.2) is 59.2 Å². The molecule has 2 aromatic rings. The molecule has 0 spiro atoms. The highest BCUT2D eigenvalue weighted by Crippen LogP contribution is 2.19. The molecule has 1 fully saturated rings. The molecular weight excluding hydrogens is 380 g/mol. The van der Waals surface area contributed by atoms with Gasteiger partial charge in [0.15, 0.2) is 6.29 Å². The van der Waals surface area contributed by atoms with Crippen LogP contribution in [0.5, 0.6) is 5.75 Å². The van der Waals surface area contributed by atoms with Crippen molar-refractivity contribution < 1.29 is 19.5 Å². The predicted molar refractivity (Wildman–Crippen MR) is 106 cm³/mol. The number of aromatic hydroxyl groups is 1. The summed E-state index contributed by atoms with van der Waals surface area (Å²) in [5.74, 6) is -0.182. The number of aryl methyl sites for hydroxylation is 1. The fraction of sp³-hybridized carbons (Fsp3) is 0.286. The van der Waals surface area contributed by atoms with Gasteiger partial charge in [-0.2, -0.15) is 0 Å². The molecule has 0 saturated carbocycles. The van der Waals surface area contributed by atoms with Crippen molar-refractivity contribution in [1.29, 1.82) is 0 Å². The van der Waals surface area contributed by atoms with E-state index in [1.807, 2.05) is 0 Å². The zero-order valence-corrected chi connectivity index (χ0v) is 16.1. The number of carbonyl (C=O) groups excluding carboxylic acids is 3. The lowest BCUT2D eigenvalue weighted by molar-refractivity contribution is -0.132. The third-order valence-corrected chi connectivity index (χ3v) is 5.20. The van der Waals surface area contributed by atoms with Gasteiger partial charge < -0.3 is 14.9 Å². The van der Waals surface area contributed by atoms with Crippen LogP contribution in [0.25, 0.3) is 0 Å². The fourth-order valence-corrected chi connectivity index (χ4v) is 3.44. The van der Waals surface area contributed by atoms with Crippen LogP contribution in [0.1, 0.15) is 32.7 Å². The van der Waals surface area contributed by atoms with E-state index in [-0.39, 0.29) is 23.1 Å². The Labute approximate surface area is 168 Å². The molecule has 1 aliphatic heterocycles. The summed E-state index contributed by atoms with van der Waals surface area (Å²) in [7, 11) is 0. The molecule has 1 saturated heterocycles. The summed E-state index contributed by atoms with van der Waals surface area (Å²) in [6, 6.07) is 11.7. The SMILES string of the molecule is O=Cc1cc(CCC(=O)N2CCN(C(=O)c3ccccc3Cl)CC2)ccc1O. The third kappa shape index (κ3) is 4.51. The molecule has 2 amide bonds. The number of hydrogen-bond donors (Lipinski definition) is 1. The maximum Gasteiger partial charge on any atom is 0.255 e. The lowest BCUT2D eigenvalue weighted by Gasteiger charge is -2.35. The minimum absolute atomic E-state index is 0.00516. The smallest absolute Gasteiger partial charge is 0.255 e. The molecule has 0 atom stereocenters. The Balaban J connectivity index is 1.52. The normalized spacial score (nSPS) is 14.0. The lowest BCUT2D eigenvalue weighted by Crippen LogP contribution is -2.50. The summed E-state index contributed by atoms with van der Waals surface area (Å²) in [4.78, 5) is 39.4. The Morgan fingerprint density at radius 2 is 1.71 bits per heavy atom. The van der Waals surface area contributed by atoms with E-state index in [4.69, 9.17) is 11.6 Å². The van der Waals surface area contributed by atoms with Gasteiger partial charge >= 0.3 is 0 Å². The third-order valence-electron chi connectivity index (χ3n) is 4.87. The van der Waals surface area contributed by atoms with Crippen LogP contribution in [0.3, 0.4) is 0 Å². The lowest BCUT2D eigenvalue weighted by atomic mass is 10.1. The number of carbonyl (C=O) groups is 3. The van der Waals surface area contributed by atoms with Gasteiger partial charge in [0.1, 0.15) is 5.75 Å². The van der Waals surface area contributed by atoms with Crippen molar-refractivity contribution >= 4 is 29.7 Å². The number of phenols is 1. The van der Waals surface area contributed by atoms with E-state index in [2.05, 4.69) is 0 Å². The van der Waals surface area contributed by atoms with Crippen molar-refractivity contribution in [1.82, 2.24) is 9.80 Å². The highest BCUT2D eigenvalue weighted by molar-refractivity contribution is 6.33. The molecule has 6 nitrogen and oxygen atoms in total. The van der Waals surface area contributed by atoms with Crippen LogP contribution >= 0.6 is 11.6 Å². The number of phenolic OH excluding ortho intramolecular Hbond substituents is 1. The van der Waals surface area contributed by atoms with Gasteiger partial charge in [0, 0.05) is 32.6 Å². The summed E-state index contributed by atoms with van der Waals surface area (Å²) < 4.78 is 0. The molecule has 1 N–H and O–H groups in total. The van der Waals surface area contributed by atoms with Gasteiger partial charge in [-0.15, -0.1) is 0 Å². The molecule has 0 aliphatic carbocycles. The molecule has 0 unspecified atom stereocenters. The van der Waals surface area contributed by atoms with E-state index in [9.17, 15) is 19.5 Å². The zero-order valence-electron chi connectivity index (χ0n) is 15.3. The first-order chi connectivity index (χ1) is 13.5. The molecule has 2 aromatic carbocycles. The van der Waals surface area contributed by atoms with Gasteiger partial charge in [0.2, 0.25) is 5.91 Å². The highest BCUT2D eigenvalue weighted by atomic mass is 35.5. The number of aldehydes is 1. The van der Waals surface area contributed by atoms with Crippen molar-refractivity contribution in [2.45, 2.75) is 12.8 Å². The number of halogens is 1. The molecular formula is C21H21ClN2O4. The largest absolute Gasteiger partial charge is 0.507 e. The van der Waals surface area contributed by atoms with Gasteiger partial charge in [-0.3, -0.25) is 14.4 Å². The van der Waals surface area contributed by atoms with Crippen molar-refractivity contribution in [2.75, 3.05) is 26.2 Å². The number of benzene rings is 2. The first kappa shape index (κ1) is 19.9. The van der Waals surface area contributed by atoms with Crippen LogP contribution in [0.4, 0.5) is 0 Å². The summed E-state index contributed by atoms with van der Waals surface area (Å²) in [6.07, 6.45) is 1.39. The van der Waals surface area contributed by atoms with E-state index in [1.54, 1.807) is 46.2 Å². The second-order valence-electron chi connectivity index (χ2n) is 6.66. The average molecular weight is 401 g/mol. The van der Waals surface area contributed by atoms with Crippen LogP contribution in [0.15, 0.2) is 42.5 Å². The second kappa shape index (κ2) is 8.89. The molecule has 1 heterocycles. The Kier molecular flexibility index (Phi) is 6.31. The molecule has 0 bridgehead atoms. The average Bonchev–Trinajstić information content (AvgIpc) is 2.73. The Hall–Kier alpha value is -2.86. The standard InChI is InChI=1S/C21H21ClN2O4/c22-18-4-2-1-3-17(18)21(28)24-11-9-23(10-12-24)20(27)8-6-15-5-7-19(26)16(13-15)14-25/h1-5,7,13-14,26H,6,8-12H2. The Morgan fingerprint density at radius 3 is 2.39 bits per heavy atom. The van der Waals surface area contributed by atoms with Crippen LogP contribution in [0.2, 0.25) is 5.02 Å². The maximum atomic E-state index is 12.6. The maximum absolute atomic E-state index is 12.6. The quantitative estimate of drug-likeness (QED) is 0.783. The fourth-order valence-electron chi connectivity index (χ4n) is 3.23. The van der Waals surface area contributed by atoms with Gasteiger partial charge in [0.05, 0.1) is 16.1 Å². The van der Waals surface area contributed by atoms with Gasteiger partial charge in [-0.25, -0.2) is 0 Å². The molecule has 3 rings (SSSR count). The molecule has 0 aromatic heterocycles. The minimum Gasteiger partial charge on any atom is -0.507 e. The van der Waals surface area contributed by atoms with Crippen LogP contribution < -0.4 is 0 Å². The van der Waals surface area contributed by atoms with Crippen molar-refractivity contribution in [3.63, 3.8) is 0 Å². The summed E-state index contributed by atoms with van der Waals surface area (Å²) in [5, 5.41) is 9.96. The zero-order chi connectivity index (χ0) is 20.1. The number of nitrogens with zero attached hydrogens (tertiary/aromatic N) is 2. The number of hydrogen-bond acceptors (Lipinski definition) is 4. The van der Waals surface area contributed by atoms with Gasteiger partial charge in [-0.05, 0) is 36.2 Å². The van der Waals surface area contributed by atoms with E-state index >= 15 is 0 Å². The Bertz CT molecular complexity index is 892. The monoisotopic (exact) mass is 400 g/mol. The second-order valence-corrected chi connectivity index (χ2v) is 7.07.